The summed E-state index contributed by atoms with van der Waals surface area (Å²) < 4.78 is 5.09. The summed E-state index contributed by atoms with van der Waals surface area (Å²) in [4.78, 5) is 12.3. The molecule has 0 saturated heterocycles. The molecule has 0 saturated carbocycles. The summed E-state index contributed by atoms with van der Waals surface area (Å²) in [6.45, 7) is 1.94. The van der Waals surface area contributed by atoms with Gasteiger partial charge in [-0.25, -0.2) is 0 Å². The molecule has 0 amide bonds. The van der Waals surface area contributed by atoms with E-state index in [1.165, 1.54) is 0 Å². The zero-order valence-electron chi connectivity index (χ0n) is 10.7. The minimum atomic E-state index is 0. The van der Waals surface area contributed by atoms with Gasteiger partial charge in [0.2, 0.25) is 0 Å². The monoisotopic (exact) mass is 300 g/mol. The fourth-order valence-corrected chi connectivity index (χ4v) is 3.07. The van der Waals surface area contributed by atoms with Crippen molar-refractivity contribution in [2.24, 2.45) is 0 Å². The van der Waals surface area contributed by atoms with E-state index in [9.17, 15) is 4.79 Å². The number of benzene rings is 2. The van der Waals surface area contributed by atoms with Crippen LogP contribution in [-0.4, -0.2) is 31.5 Å². The van der Waals surface area contributed by atoms with Crippen LogP contribution >= 0.6 is 20.2 Å². The molecule has 2 rings (SSSR count). The molecule has 2 aromatic carbocycles. The number of aryl methyl sites for hydroxylation is 1. The van der Waals surface area contributed by atoms with E-state index >= 15 is 0 Å². The van der Waals surface area contributed by atoms with Crippen LogP contribution in [0.3, 0.4) is 0 Å². The van der Waals surface area contributed by atoms with Gasteiger partial charge in [0.25, 0.3) is 0 Å². The van der Waals surface area contributed by atoms with E-state index in [0.717, 1.165) is 16.4 Å². The standard InChI is InChI=1S/C15H14ClO2P.Li.H/c1-10-5-3-4-6-12(10)15(17)19-14-8-7-11(18-2)9-13(14)16;;/h3-9,19H,1-2H3;;. The Balaban J connectivity index is 0.00000200. The number of rotatable bonds is 4. The van der Waals surface area contributed by atoms with Gasteiger partial charge in [-0.05, 0) is 44.6 Å². The van der Waals surface area contributed by atoms with Crippen LogP contribution in [0.4, 0.5) is 0 Å². The second-order valence-electron chi connectivity index (χ2n) is 4.11. The number of hydrogen-bond donors (Lipinski definition) is 0. The fraction of sp³-hybridized carbons (Fsp3) is 0.133. The molecule has 0 spiro atoms. The Morgan fingerprint density at radius 3 is 2.50 bits per heavy atom. The maximum absolute atomic E-state index is 12.3. The number of carbonyl (C=O) groups is 1. The average Bonchev–Trinajstić information content (AvgIpc) is 2.41. The van der Waals surface area contributed by atoms with E-state index < -0.39 is 0 Å². The zero-order valence-corrected chi connectivity index (χ0v) is 12.5. The van der Waals surface area contributed by atoms with Gasteiger partial charge in [-0.2, -0.15) is 0 Å². The Morgan fingerprint density at radius 2 is 1.90 bits per heavy atom. The van der Waals surface area contributed by atoms with Crippen LogP contribution in [0.25, 0.3) is 0 Å². The van der Waals surface area contributed by atoms with Crippen LogP contribution in [0.15, 0.2) is 42.5 Å². The summed E-state index contributed by atoms with van der Waals surface area (Å²) in [5.41, 5.74) is 1.85. The number of ether oxygens (including phenoxy) is 1. The first-order chi connectivity index (χ1) is 9.11. The average molecular weight is 301 g/mol. The van der Waals surface area contributed by atoms with Crippen LogP contribution < -0.4 is 10.0 Å². The molecule has 0 radical (unpaired) electrons. The van der Waals surface area contributed by atoms with Crippen molar-refractivity contribution >= 4 is 49.9 Å². The van der Waals surface area contributed by atoms with Gasteiger partial charge in [-0.3, -0.25) is 4.79 Å². The third-order valence-corrected chi connectivity index (χ3v) is 4.49. The van der Waals surface area contributed by atoms with Gasteiger partial charge in [-0.15, -0.1) is 0 Å². The van der Waals surface area contributed by atoms with Crippen molar-refractivity contribution in [1.29, 1.82) is 0 Å². The normalized spacial score (nSPS) is 10.3. The van der Waals surface area contributed by atoms with Crippen molar-refractivity contribution < 1.29 is 9.53 Å². The SMILES string of the molecule is COc1ccc(PC(=O)c2ccccc2C)c(Cl)c1.[LiH]. The second-order valence-corrected chi connectivity index (χ2v) is 5.76. The van der Waals surface area contributed by atoms with E-state index in [1.54, 1.807) is 13.2 Å². The van der Waals surface area contributed by atoms with E-state index in [2.05, 4.69) is 0 Å². The van der Waals surface area contributed by atoms with Gasteiger partial charge in [0, 0.05) is 5.56 Å². The summed E-state index contributed by atoms with van der Waals surface area (Å²) in [5.74, 6) is 0.696. The van der Waals surface area contributed by atoms with Crippen LogP contribution in [-0.2, 0) is 0 Å². The molecule has 0 fully saturated rings. The van der Waals surface area contributed by atoms with Gasteiger partial charge in [0.15, 0.2) is 5.52 Å². The molecule has 100 valence electrons. The van der Waals surface area contributed by atoms with Gasteiger partial charge in [-0.1, -0.05) is 35.9 Å². The van der Waals surface area contributed by atoms with Gasteiger partial charge in [0.05, 0.1) is 12.1 Å². The Hall–Kier alpha value is -0.773. The van der Waals surface area contributed by atoms with Gasteiger partial charge in [0.1, 0.15) is 5.75 Å². The number of carbonyl (C=O) groups excluding carboxylic acids is 1. The summed E-state index contributed by atoms with van der Waals surface area (Å²) >= 11 is 6.15. The summed E-state index contributed by atoms with van der Waals surface area (Å²) in [7, 11) is 1.61. The van der Waals surface area contributed by atoms with Gasteiger partial charge < -0.3 is 4.74 Å². The predicted molar refractivity (Wildman–Crippen MR) is 88.6 cm³/mol. The summed E-state index contributed by atoms with van der Waals surface area (Å²) in [6.07, 6.45) is 0. The number of halogens is 1. The van der Waals surface area contributed by atoms with Crippen molar-refractivity contribution in [3.05, 3.63) is 58.6 Å². The number of hydrogen-bond acceptors (Lipinski definition) is 2. The molecule has 20 heavy (non-hydrogen) atoms. The quantitative estimate of drug-likeness (QED) is 0.640. The van der Waals surface area contributed by atoms with Crippen LogP contribution in [0.5, 0.6) is 5.75 Å². The first-order valence-corrected chi connectivity index (χ1v) is 7.20. The van der Waals surface area contributed by atoms with Crippen LogP contribution in [0.1, 0.15) is 15.9 Å². The summed E-state index contributed by atoms with van der Waals surface area (Å²) in [6, 6.07) is 13.0. The van der Waals surface area contributed by atoms with Gasteiger partial charge >= 0.3 is 18.9 Å². The second kappa shape index (κ2) is 7.86. The third-order valence-electron chi connectivity index (χ3n) is 2.81. The Bertz CT molecular complexity index is 617. The van der Waals surface area contributed by atoms with Crippen molar-refractivity contribution in [3.63, 3.8) is 0 Å². The Morgan fingerprint density at radius 1 is 1.20 bits per heavy atom. The fourth-order valence-electron chi connectivity index (χ4n) is 1.74. The third kappa shape index (κ3) is 4.11. The molecule has 1 unspecified atom stereocenters. The molecule has 0 aromatic heterocycles. The van der Waals surface area contributed by atoms with E-state index in [1.807, 2.05) is 43.3 Å². The molecule has 0 aliphatic carbocycles. The summed E-state index contributed by atoms with van der Waals surface area (Å²) in [5, 5.41) is 1.41. The van der Waals surface area contributed by atoms with E-state index in [-0.39, 0.29) is 33.0 Å². The molecule has 0 heterocycles. The zero-order chi connectivity index (χ0) is 13.8. The first-order valence-electron chi connectivity index (χ1n) is 5.82. The molecule has 2 aromatic rings. The van der Waals surface area contributed by atoms with E-state index in [4.69, 9.17) is 16.3 Å². The van der Waals surface area contributed by atoms with Crippen molar-refractivity contribution in [3.8, 4) is 5.75 Å². The van der Waals surface area contributed by atoms with Crippen molar-refractivity contribution in [1.82, 2.24) is 0 Å². The first kappa shape index (κ1) is 17.3. The Kier molecular flexibility index (Phi) is 6.79. The van der Waals surface area contributed by atoms with Crippen molar-refractivity contribution in [2.75, 3.05) is 7.11 Å². The maximum atomic E-state index is 12.3. The molecule has 0 N–H and O–H groups in total. The molecule has 0 aliphatic heterocycles. The molecular weight excluding hydrogens is 286 g/mol. The van der Waals surface area contributed by atoms with E-state index in [0.29, 0.717) is 10.8 Å². The Labute approximate surface area is 137 Å². The van der Waals surface area contributed by atoms with Crippen molar-refractivity contribution in [2.45, 2.75) is 6.92 Å². The van der Waals surface area contributed by atoms with Crippen LogP contribution in [0, 0.1) is 6.92 Å². The predicted octanol–water partition coefficient (Wildman–Crippen LogP) is 3.15. The molecule has 5 heteroatoms. The number of methoxy groups -OCH3 is 1. The molecule has 0 bridgehead atoms. The molecule has 0 aliphatic rings. The minimum absolute atomic E-state index is 0. The molecule has 2 nitrogen and oxygen atoms in total. The molecular formula is C15H15ClLiO2P. The molecule has 1 atom stereocenters. The topological polar surface area (TPSA) is 26.3 Å². The van der Waals surface area contributed by atoms with Crippen LogP contribution in [0.2, 0.25) is 5.02 Å².